The molecule has 3 heterocycles. The molecule has 23 heavy (non-hydrogen) atoms. The van der Waals surface area contributed by atoms with Crippen LogP contribution in [0.15, 0.2) is 16.8 Å². The van der Waals surface area contributed by atoms with Crippen molar-refractivity contribution in [2.75, 3.05) is 20.3 Å². The van der Waals surface area contributed by atoms with E-state index in [9.17, 15) is 4.79 Å². The molecule has 1 amide bonds. The summed E-state index contributed by atoms with van der Waals surface area (Å²) in [5.74, 6) is 0.948. The lowest BCUT2D eigenvalue weighted by Gasteiger charge is -2.32. The number of fused-ring (bicyclic) bond motifs is 1. The fourth-order valence-electron chi connectivity index (χ4n) is 3.25. The second-order valence-corrected chi connectivity index (χ2v) is 7.18. The van der Waals surface area contributed by atoms with Crippen molar-refractivity contribution >= 4 is 17.2 Å². The highest BCUT2D eigenvalue weighted by molar-refractivity contribution is 7.08. The van der Waals surface area contributed by atoms with E-state index in [1.54, 1.807) is 18.4 Å². The summed E-state index contributed by atoms with van der Waals surface area (Å²) in [4.78, 5) is 14.5. The third-order valence-corrected chi connectivity index (χ3v) is 5.25. The third kappa shape index (κ3) is 2.90. The van der Waals surface area contributed by atoms with E-state index in [-0.39, 0.29) is 11.8 Å². The molecule has 2 aromatic heterocycles. The lowest BCUT2D eigenvalue weighted by Crippen LogP contribution is -2.40. The van der Waals surface area contributed by atoms with E-state index in [1.165, 1.54) is 12.8 Å². The predicted octanol–water partition coefficient (Wildman–Crippen LogP) is 2.14. The molecule has 0 aromatic carbocycles. The Morgan fingerprint density at radius 1 is 1.48 bits per heavy atom. The van der Waals surface area contributed by atoms with Crippen LogP contribution in [0.2, 0.25) is 0 Å². The molecule has 1 aliphatic heterocycles. The number of carbonyl (C=O) groups excluding carboxylic acids is 1. The van der Waals surface area contributed by atoms with Crippen molar-refractivity contribution in [3.05, 3.63) is 33.8 Å². The summed E-state index contributed by atoms with van der Waals surface area (Å²) >= 11 is 1.54. The molecule has 1 aliphatic carbocycles. The number of carbonyl (C=O) groups is 1. The van der Waals surface area contributed by atoms with Gasteiger partial charge in [-0.05, 0) is 30.2 Å². The minimum absolute atomic E-state index is 0.0646. The highest BCUT2D eigenvalue weighted by Crippen LogP contribution is 2.34. The van der Waals surface area contributed by atoms with Gasteiger partial charge in [0.2, 0.25) is 0 Å². The fraction of sp³-hybridized carbons (Fsp3) is 0.562. The number of amides is 1. The third-order valence-electron chi connectivity index (χ3n) is 4.57. The Balaban J connectivity index is 1.60. The Bertz CT molecular complexity index is 693. The van der Waals surface area contributed by atoms with E-state index < -0.39 is 0 Å². The van der Waals surface area contributed by atoms with Crippen molar-refractivity contribution in [3.63, 3.8) is 0 Å². The van der Waals surface area contributed by atoms with Gasteiger partial charge in [-0.3, -0.25) is 4.79 Å². The first-order valence-corrected chi connectivity index (χ1v) is 8.93. The van der Waals surface area contributed by atoms with Gasteiger partial charge in [0, 0.05) is 31.5 Å². The molecule has 4 rings (SSSR count). The van der Waals surface area contributed by atoms with Gasteiger partial charge >= 0.3 is 0 Å². The van der Waals surface area contributed by atoms with Gasteiger partial charge in [0.15, 0.2) is 0 Å². The first kappa shape index (κ1) is 14.8. The minimum atomic E-state index is 0.0646. The Labute approximate surface area is 139 Å². The van der Waals surface area contributed by atoms with Gasteiger partial charge in [-0.25, -0.2) is 4.68 Å². The maximum Gasteiger partial charge on any atom is 0.255 e. The summed E-state index contributed by atoms with van der Waals surface area (Å²) in [7, 11) is 1.70. The van der Waals surface area contributed by atoms with Crippen LogP contribution in [-0.2, 0) is 17.8 Å². The zero-order valence-electron chi connectivity index (χ0n) is 13.1. The van der Waals surface area contributed by atoms with Gasteiger partial charge in [-0.2, -0.15) is 11.3 Å². The van der Waals surface area contributed by atoms with Gasteiger partial charge < -0.3 is 9.64 Å². The largest absolute Gasteiger partial charge is 0.384 e. The molecule has 0 bridgehead atoms. The summed E-state index contributed by atoms with van der Waals surface area (Å²) in [5.41, 5.74) is 2.83. The summed E-state index contributed by atoms with van der Waals surface area (Å²) in [6, 6.07) is 1.87. The van der Waals surface area contributed by atoms with E-state index in [1.807, 2.05) is 26.4 Å². The van der Waals surface area contributed by atoms with E-state index >= 15 is 0 Å². The minimum Gasteiger partial charge on any atom is -0.384 e. The van der Waals surface area contributed by atoms with Gasteiger partial charge in [0.1, 0.15) is 5.69 Å². The van der Waals surface area contributed by atoms with Gasteiger partial charge in [0.05, 0.1) is 24.4 Å². The molecular formula is C16H20N4O2S. The molecule has 0 spiro atoms. The van der Waals surface area contributed by atoms with Crippen molar-refractivity contribution in [2.24, 2.45) is 5.92 Å². The lowest BCUT2D eigenvalue weighted by molar-refractivity contribution is 0.0673. The molecule has 0 unspecified atom stereocenters. The molecule has 122 valence electrons. The molecular weight excluding hydrogens is 312 g/mol. The van der Waals surface area contributed by atoms with Crippen molar-refractivity contribution in [1.29, 1.82) is 0 Å². The van der Waals surface area contributed by atoms with Crippen molar-refractivity contribution < 1.29 is 9.53 Å². The van der Waals surface area contributed by atoms with Crippen LogP contribution < -0.4 is 0 Å². The molecule has 0 N–H and O–H groups in total. The van der Waals surface area contributed by atoms with Crippen molar-refractivity contribution in [2.45, 2.75) is 31.8 Å². The van der Waals surface area contributed by atoms with Crippen LogP contribution in [0.4, 0.5) is 0 Å². The number of hydrogen-bond acceptors (Lipinski definition) is 5. The van der Waals surface area contributed by atoms with E-state index in [0.717, 1.165) is 29.4 Å². The summed E-state index contributed by atoms with van der Waals surface area (Å²) in [6.45, 7) is 2.72. The maximum atomic E-state index is 12.7. The molecule has 1 saturated carbocycles. The van der Waals surface area contributed by atoms with Crippen LogP contribution in [0.1, 0.15) is 40.5 Å². The number of ether oxygens (including phenoxy) is 1. The highest BCUT2D eigenvalue weighted by atomic mass is 32.1. The number of aromatic nitrogens is 3. The number of methoxy groups -OCH3 is 1. The topological polar surface area (TPSA) is 60.2 Å². The highest BCUT2D eigenvalue weighted by Gasteiger charge is 2.34. The quantitative estimate of drug-likeness (QED) is 0.842. The summed E-state index contributed by atoms with van der Waals surface area (Å²) < 4.78 is 7.44. The zero-order chi connectivity index (χ0) is 15.8. The first-order valence-electron chi connectivity index (χ1n) is 7.99. The molecule has 6 nitrogen and oxygen atoms in total. The van der Waals surface area contributed by atoms with Crippen LogP contribution in [-0.4, -0.2) is 46.1 Å². The molecule has 1 fully saturated rings. The SMILES string of the molecule is COC[C@@H]1CN(C(=O)c2ccsc2)Cc2nnn(CC3CC3)c21. The van der Waals surface area contributed by atoms with Crippen LogP contribution in [0.25, 0.3) is 0 Å². The number of rotatable bonds is 5. The first-order chi connectivity index (χ1) is 11.3. The van der Waals surface area contributed by atoms with Crippen molar-refractivity contribution in [3.8, 4) is 0 Å². The van der Waals surface area contributed by atoms with Gasteiger partial charge in [0.25, 0.3) is 5.91 Å². The second kappa shape index (κ2) is 6.05. The van der Waals surface area contributed by atoms with Crippen LogP contribution >= 0.6 is 11.3 Å². The Kier molecular flexibility index (Phi) is 3.90. The summed E-state index contributed by atoms with van der Waals surface area (Å²) in [6.07, 6.45) is 2.57. The van der Waals surface area contributed by atoms with Crippen LogP contribution in [0.5, 0.6) is 0 Å². The molecule has 1 atom stereocenters. The smallest absolute Gasteiger partial charge is 0.255 e. The molecule has 2 aromatic rings. The van der Waals surface area contributed by atoms with E-state index in [4.69, 9.17) is 4.74 Å². The number of hydrogen-bond donors (Lipinski definition) is 0. The van der Waals surface area contributed by atoms with Crippen molar-refractivity contribution in [1.82, 2.24) is 19.9 Å². The van der Waals surface area contributed by atoms with Gasteiger partial charge in [-0.15, -0.1) is 5.10 Å². The number of nitrogens with zero attached hydrogens (tertiary/aromatic N) is 4. The number of thiophene rings is 1. The van der Waals surface area contributed by atoms with E-state index in [2.05, 4.69) is 10.3 Å². The Morgan fingerprint density at radius 3 is 3.04 bits per heavy atom. The zero-order valence-corrected chi connectivity index (χ0v) is 14.0. The lowest BCUT2D eigenvalue weighted by atomic mass is 9.98. The molecule has 7 heteroatoms. The predicted molar refractivity (Wildman–Crippen MR) is 86.4 cm³/mol. The summed E-state index contributed by atoms with van der Waals surface area (Å²) in [5, 5.41) is 12.5. The fourth-order valence-corrected chi connectivity index (χ4v) is 3.88. The van der Waals surface area contributed by atoms with Crippen LogP contribution in [0, 0.1) is 5.92 Å². The average molecular weight is 332 g/mol. The van der Waals surface area contributed by atoms with Gasteiger partial charge in [-0.1, -0.05) is 5.21 Å². The maximum absolute atomic E-state index is 12.7. The normalized spacial score (nSPS) is 20.6. The van der Waals surface area contributed by atoms with E-state index in [0.29, 0.717) is 19.7 Å². The molecule has 0 saturated heterocycles. The standard InChI is InChI=1S/C16H20N4O2S/c1-22-9-13-7-19(16(21)12-4-5-23-10-12)8-14-15(13)20(18-17-14)6-11-2-3-11/h4-5,10-11,13H,2-3,6-9H2,1H3/t13-/m0/s1. The monoisotopic (exact) mass is 332 g/mol. The Morgan fingerprint density at radius 2 is 2.35 bits per heavy atom. The van der Waals surface area contributed by atoms with Crippen LogP contribution in [0.3, 0.4) is 0 Å². The second-order valence-electron chi connectivity index (χ2n) is 6.40. The Hall–Kier alpha value is -1.73. The average Bonchev–Trinajstić information content (AvgIpc) is 3.04. The molecule has 0 radical (unpaired) electrons. The molecule has 2 aliphatic rings.